The van der Waals surface area contributed by atoms with Gasteiger partial charge in [-0.2, -0.15) is 20.1 Å². The molecule has 0 aliphatic heterocycles. The highest BCUT2D eigenvalue weighted by molar-refractivity contribution is 9.10. The molecule has 1 fully saturated rings. The molecule has 1 aromatic carbocycles. The summed E-state index contributed by atoms with van der Waals surface area (Å²) in [5, 5.41) is 25.0. The lowest BCUT2D eigenvalue weighted by atomic mass is 9.97. The van der Waals surface area contributed by atoms with Gasteiger partial charge in [0.15, 0.2) is 6.20 Å². The number of rotatable bonds is 9. The highest BCUT2D eigenvalue weighted by Gasteiger charge is 2.25. The molecule has 1 aliphatic rings. The van der Waals surface area contributed by atoms with Crippen molar-refractivity contribution in [3.8, 4) is 17.0 Å². The first-order chi connectivity index (χ1) is 17.3. The van der Waals surface area contributed by atoms with Crippen LogP contribution in [0, 0.1) is 21.8 Å². The fourth-order valence-electron chi connectivity index (χ4n) is 4.11. The maximum absolute atomic E-state index is 14.4. The predicted octanol–water partition coefficient (Wildman–Crippen LogP) is 5.02. The second-order valence-electron chi connectivity index (χ2n) is 8.90. The Morgan fingerprint density at radius 1 is 1.28 bits per heavy atom. The van der Waals surface area contributed by atoms with E-state index in [4.69, 9.17) is 4.74 Å². The molecular weight excluding hydrogens is 533 g/mol. The van der Waals surface area contributed by atoms with Gasteiger partial charge in [0, 0.05) is 43.4 Å². The van der Waals surface area contributed by atoms with Crippen molar-refractivity contribution in [3.05, 3.63) is 80.1 Å². The molecule has 0 N–H and O–H groups in total. The van der Waals surface area contributed by atoms with Gasteiger partial charge in [0.05, 0.1) is 16.4 Å². The molecule has 0 bridgehead atoms. The summed E-state index contributed by atoms with van der Waals surface area (Å²) < 4.78 is 22.8. The van der Waals surface area contributed by atoms with Crippen molar-refractivity contribution in [2.75, 3.05) is 0 Å². The molecule has 5 rings (SSSR count). The Balaban J connectivity index is 1.47. The fraction of sp³-hybridized carbons (Fsp3) is 0.333. The summed E-state index contributed by atoms with van der Waals surface area (Å²) in [7, 11) is 1.73. The molecule has 10 nitrogen and oxygen atoms in total. The molecule has 36 heavy (non-hydrogen) atoms. The molecule has 186 valence electrons. The van der Waals surface area contributed by atoms with Crippen molar-refractivity contribution in [1.82, 2.24) is 29.8 Å². The number of pyridine rings is 1. The van der Waals surface area contributed by atoms with Gasteiger partial charge in [-0.3, -0.25) is 4.68 Å². The number of aryl methyl sites for hydroxylation is 1. The summed E-state index contributed by atoms with van der Waals surface area (Å²) >= 11 is 3.26. The van der Waals surface area contributed by atoms with E-state index in [-0.39, 0.29) is 5.75 Å². The van der Waals surface area contributed by atoms with Crippen molar-refractivity contribution in [3.63, 3.8) is 0 Å². The van der Waals surface area contributed by atoms with Gasteiger partial charge in [0.2, 0.25) is 5.75 Å². The van der Waals surface area contributed by atoms with Crippen LogP contribution >= 0.6 is 15.9 Å². The summed E-state index contributed by atoms with van der Waals surface area (Å²) in [6.07, 6.45) is 7.42. The monoisotopic (exact) mass is 555 g/mol. The fourth-order valence-corrected chi connectivity index (χ4v) is 4.42. The Morgan fingerprint density at radius 2 is 2.08 bits per heavy atom. The lowest BCUT2D eigenvalue weighted by Gasteiger charge is -2.18. The van der Waals surface area contributed by atoms with E-state index in [0.29, 0.717) is 39.3 Å². The zero-order valence-electron chi connectivity index (χ0n) is 19.6. The van der Waals surface area contributed by atoms with Gasteiger partial charge >= 0.3 is 5.82 Å². The first-order valence-electron chi connectivity index (χ1n) is 11.4. The van der Waals surface area contributed by atoms with E-state index in [1.807, 2.05) is 17.1 Å². The van der Waals surface area contributed by atoms with Crippen LogP contribution in [0.4, 0.5) is 10.2 Å². The third-order valence-electron chi connectivity index (χ3n) is 5.97. The number of halogens is 2. The zero-order chi connectivity index (χ0) is 25.4. The average molecular weight is 556 g/mol. The second-order valence-corrected chi connectivity index (χ2v) is 9.82. The largest absolute Gasteiger partial charge is 0.478 e. The number of nitro groups is 1. The molecular formula is C24H23BrFN7O3. The minimum absolute atomic E-state index is 0.0282. The van der Waals surface area contributed by atoms with E-state index in [1.165, 1.54) is 42.0 Å². The van der Waals surface area contributed by atoms with E-state index in [2.05, 4.69) is 36.2 Å². The van der Waals surface area contributed by atoms with Crippen LogP contribution in [0.1, 0.15) is 42.7 Å². The predicted molar refractivity (Wildman–Crippen MR) is 132 cm³/mol. The van der Waals surface area contributed by atoms with Crippen LogP contribution in [0.3, 0.4) is 0 Å². The normalized spacial score (nSPS) is 14.1. The first-order valence-corrected chi connectivity index (χ1v) is 12.2. The number of benzene rings is 1. The quantitative estimate of drug-likeness (QED) is 0.210. The van der Waals surface area contributed by atoms with Crippen LogP contribution in [0.2, 0.25) is 0 Å². The van der Waals surface area contributed by atoms with E-state index in [9.17, 15) is 14.5 Å². The van der Waals surface area contributed by atoms with Gasteiger partial charge in [-0.25, -0.2) is 4.39 Å². The summed E-state index contributed by atoms with van der Waals surface area (Å²) in [6.45, 7) is 2.61. The van der Waals surface area contributed by atoms with Crippen LogP contribution in [-0.4, -0.2) is 34.7 Å². The van der Waals surface area contributed by atoms with Gasteiger partial charge in [-0.05, 0) is 75.3 Å². The number of ether oxygens (including phenoxy) is 1. The highest BCUT2D eigenvalue weighted by Crippen LogP contribution is 2.36. The number of hydrogen-bond acceptors (Lipinski definition) is 7. The molecule has 0 radical (unpaired) electrons. The van der Waals surface area contributed by atoms with Crippen molar-refractivity contribution in [2.24, 2.45) is 13.0 Å². The lowest BCUT2D eigenvalue weighted by Crippen LogP contribution is -2.08. The number of aromatic nitrogens is 6. The molecule has 12 heteroatoms. The topological polar surface area (TPSA) is 114 Å². The van der Waals surface area contributed by atoms with Crippen LogP contribution in [0.25, 0.3) is 11.3 Å². The molecule has 3 aromatic heterocycles. The summed E-state index contributed by atoms with van der Waals surface area (Å²) in [4.78, 5) is 16.1. The Kier molecular flexibility index (Phi) is 6.52. The van der Waals surface area contributed by atoms with Gasteiger partial charge < -0.3 is 14.9 Å². The minimum Gasteiger partial charge on any atom is -0.478 e. The molecule has 1 saturated carbocycles. The Labute approximate surface area is 214 Å². The summed E-state index contributed by atoms with van der Waals surface area (Å²) in [5.74, 6) is -0.201. The van der Waals surface area contributed by atoms with Gasteiger partial charge in [-0.15, -0.1) is 0 Å². The summed E-state index contributed by atoms with van der Waals surface area (Å²) in [5.41, 5.74) is 3.40. The van der Waals surface area contributed by atoms with Gasteiger partial charge in [0.1, 0.15) is 17.6 Å². The highest BCUT2D eigenvalue weighted by atomic mass is 79.9. The average Bonchev–Trinajstić information content (AvgIpc) is 3.41. The van der Waals surface area contributed by atoms with Crippen LogP contribution in [0.5, 0.6) is 5.75 Å². The Hall–Kier alpha value is -3.67. The zero-order valence-corrected chi connectivity index (χ0v) is 21.2. The summed E-state index contributed by atoms with van der Waals surface area (Å²) in [6, 6.07) is 5.79. The molecule has 0 saturated heterocycles. The second kappa shape index (κ2) is 9.76. The van der Waals surface area contributed by atoms with Crippen LogP contribution in [0.15, 0.2) is 47.3 Å². The van der Waals surface area contributed by atoms with E-state index >= 15 is 0 Å². The van der Waals surface area contributed by atoms with Gasteiger partial charge in [-0.1, -0.05) is 0 Å². The van der Waals surface area contributed by atoms with Crippen molar-refractivity contribution in [2.45, 2.75) is 38.8 Å². The number of hydrogen-bond donors (Lipinski definition) is 0. The van der Waals surface area contributed by atoms with Crippen LogP contribution < -0.4 is 4.74 Å². The standard InChI is InChI=1S/C24H23BrFN7O3/c1-14(36-22-8-17(25)11-27-24(22)33(34)35)20-9-18(26)5-6-19(20)23-21(29-31(2)30-23)7-16-10-28-32(13-16)12-15-3-4-15/h5-6,8-11,13-15H,3-4,7,12H2,1-2H3/t14-/m1/s1. The van der Waals surface area contributed by atoms with E-state index in [0.717, 1.165) is 12.1 Å². The maximum Gasteiger partial charge on any atom is 0.406 e. The first kappa shape index (κ1) is 24.0. The molecule has 4 aromatic rings. The third-order valence-corrected chi connectivity index (χ3v) is 6.40. The minimum atomic E-state index is -0.748. The molecule has 0 unspecified atom stereocenters. The van der Waals surface area contributed by atoms with Crippen molar-refractivity contribution < 1.29 is 14.1 Å². The molecule has 1 aliphatic carbocycles. The maximum atomic E-state index is 14.4. The number of nitrogens with zero attached hydrogens (tertiary/aromatic N) is 7. The van der Waals surface area contributed by atoms with Gasteiger partial charge in [0.25, 0.3) is 0 Å². The molecule has 0 amide bonds. The lowest BCUT2D eigenvalue weighted by molar-refractivity contribution is -0.390. The molecule has 1 atom stereocenters. The smallest absolute Gasteiger partial charge is 0.406 e. The van der Waals surface area contributed by atoms with Crippen molar-refractivity contribution in [1.29, 1.82) is 0 Å². The molecule has 0 spiro atoms. The third kappa shape index (κ3) is 5.27. The molecule has 3 heterocycles. The van der Waals surface area contributed by atoms with Crippen LogP contribution in [-0.2, 0) is 20.0 Å². The SMILES string of the molecule is C[C@@H](Oc1cc(Br)cnc1[N+](=O)[O-])c1cc(F)ccc1-c1nn(C)nc1Cc1cnn(CC2CC2)c1. The Morgan fingerprint density at radius 3 is 2.83 bits per heavy atom. The van der Waals surface area contributed by atoms with E-state index in [1.54, 1.807) is 20.0 Å². The Bertz CT molecular complexity index is 1430. The van der Waals surface area contributed by atoms with Crippen molar-refractivity contribution >= 4 is 21.7 Å². The van der Waals surface area contributed by atoms with E-state index < -0.39 is 22.7 Å².